The van der Waals surface area contributed by atoms with Gasteiger partial charge in [0, 0.05) is 51.0 Å². The summed E-state index contributed by atoms with van der Waals surface area (Å²) in [7, 11) is 0. The number of nitrogens with zero attached hydrogens (tertiary/aromatic N) is 6. The smallest absolute Gasteiger partial charge is 0.236 e. The van der Waals surface area contributed by atoms with E-state index >= 15 is 0 Å². The topological polar surface area (TPSA) is 57.0 Å². The third-order valence-electron chi connectivity index (χ3n) is 5.93. The lowest BCUT2D eigenvalue weighted by Gasteiger charge is -2.41. The first-order valence-corrected chi connectivity index (χ1v) is 9.24. The third-order valence-corrected chi connectivity index (χ3v) is 5.93. The van der Waals surface area contributed by atoms with Crippen LogP contribution in [0.25, 0.3) is 5.65 Å². The molecule has 25 heavy (non-hydrogen) atoms. The van der Waals surface area contributed by atoms with Gasteiger partial charge in [0.2, 0.25) is 5.91 Å². The second-order valence-corrected chi connectivity index (χ2v) is 7.75. The van der Waals surface area contributed by atoms with Gasteiger partial charge in [-0.3, -0.25) is 9.69 Å². The molecule has 2 aliphatic heterocycles. The fourth-order valence-electron chi connectivity index (χ4n) is 4.40. The number of piperazine rings is 1. The van der Waals surface area contributed by atoms with Crippen LogP contribution in [0, 0.1) is 11.8 Å². The summed E-state index contributed by atoms with van der Waals surface area (Å²) in [5.74, 6) is 3.01. The van der Waals surface area contributed by atoms with Gasteiger partial charge in [-0.25, -0.2) is 9.50 Å². The summed E-state index contributed by atoms with van der Waals surface area (Å²) >= 11 is 0. The van der Waals surface area contributed by atoms with Crippen molar-refractivity contribution in [2.45, 2.75) is 19.4 Å². The summed E-state index contributed by atoms with van der Waals surface area (Å²) in [6.45, 7) is 7.39. The fraction of sp³-hybridized carbons (Fsp3) is 0.611. The molecule has 0 aromatic carbocycles. The van der Waals surface area contributed by atoms with Crippen LogP contribution in [0.1, 0.15) is 13.3 Å². The maximum atomic E-state index is 12.6. The van der Waals surface area contributed by atoms with Gasteiger partial charge in [-0.05, 0) is 31.2 Å². The van der Waals surface area contributed by atoms with E-state index in [0.29, 0.717) is 6.54 Å². The van der Waals surface area contributed by atoms with Crippen LogP contribution < -0.4 is 4.90 Å². The van der Waals surface area contributed by atoms with Crippen molar-refractivity contribution in [1.82, 2.24) is 24.4 Å². The highest BCUT2D eigenvalue weighted by Gasteiger charge is 2.45. The van der Waals surface area contributed by atoms with E-state index in [2.05, 4.69) is 21.8 Å². The zero-order valence-corrected chi connectivity index (χ0v) is 14.6. The summed E-state index contributed by atoms with van der Waals surface area (Å²) in [6, 6.07) is 4.18. The molecule has 5 rings (SSSR count). The molecule has 3 atom stereocenters. The molecule has 0 spiro atoms. The quantitative estimate of drug-likeness (QED) is 0.824. The number of carbonyl (C=O) groups is 1. The fourth-order valence-corrected chi connectivity index (χ4v) is 4.40. The van der Waals surface area contributed by atoms with E-state index in [4.69, 9.17) is 4.98 Å². The van der Waals surface area contributed by atoms with Crippen LogP contribution >= 0.6 is 0 Å². The Labute approximate surface area is 147 Å². The number of piperidine rings is 1. The minimum atomic E-state index is 0.266. The maximum absolute atomic E-state index is 12.6. The standard InChI is InChI=1S/C18H24N6O/c1-13-9-22(18(25)12-21-10-14-8-15(14)11-21)6-7-23(13)16-3-5-24-17(20-16)2-4-19-24/h2-5,13-15H,6-12H2,1H3/t13-,14?,15?/m1/s1. The van der Waals surface area contributed by atoms with Gasteiger partial charge in [-0.2, -0.15) is 5.10 Å². The number of hydrogen-bond acceptors (Lipinski definition) is 5. The molecule has 2 aromatic heterocycles. The Balaban J connectivity index is 1.22. The zero-order valence-electron chi connectivity index (χ0n) is 14.6. The first kappa shape index (κ1) is 15.1. The Bertz CT molecular complexity index is 794. The van der Waals surface area contributed by atoms with Gasteiger partial charge >= 0.3 is 0 Å². The molecule has 3 fully saturated rings. The van der Waals surface area contributed by atoms with Gasteiger partial charge in [-0.15, -0.1) is 0 Å². The molecule has 7 nitrogen and oxygen atoms in total. The average Bonchev–Trinajstić information content (AvgIpc) is 3.02. The van der Waals surface area contributed by atoms with Gasteiger partial charge in [0.05, 0.1) is 12.7 Å². The lowest BCUT2D eigenvalue weighted by molar-refractivity contribution is -0.133. The van der Waals surface area contributed by atoms with Crippen molar-refractivity contribution in [3.05, 3.63) is 24.5 Å². The van der Waals surface area contributed by atoms with Crippen LogP contribution in [0.3, 0.4) is 0 Å². The Morgan fingerprint density at radius 3 is 2.84 bits per heavy atom. The predicted molar refractivity (Wildman–Crippen MR) is 94.4 cm³/mol. The molecule has 0 N–H and O–H groups in total. The third kappa shape index (κ3) is 2.76. The van der Waals surface area contributed by atoms with E-state index in [1.807, 2.05) is 23.2 Å². The molecule has 4 heterocycles. The predicted octanol–water partition coefficient (Wildman–Crippen LogP) is 0.718. The second kappa shape index (κ2) is 5.69. The number of likely N-dealkylation sites (tertiary alicyclic amines) is 1. The van der Waals surface area contributed by atoms with Crippen LogP contribution in [0.15, 0.2) is 24.5 Å². The van der Waals surface area contributed by atoms with Crippen molar-refractivity contribution in [2.75, 3.05) is 44.2 Å². The van der Waals surface area contributed by atoms with Crippen LogP contribution in [0.5, 0.6) is 0 Å². The molecule has 3 aliphatic rings. The van der Waals surface area contributed by atoms with Crippen LogP contribution in [0.4, 0.5) is 5.82 Å². The van der Waals surface area contributed by atoms with Gasteiger partial charge in [0.15, 0.2) is 5.65 Å². The molecule has 2 unspecified atom stereocenters. The van der Waals surface area contributed by atoms with Gasteiger partial charge in [0.1, 0.15) is 5.82 Å². The Kier molecular flexibility index (Phi) is 3.45. The van der Waals surface area contributed by atoms with Gasteiger partial charge < -0.3 is 9.80 Å². The highest BCUT2D eigenvalue weighted by molar-refractivity contribution is 5.78. The number of fused-ring (bicyclic) bond motifs is 2. The molecular weight excluding hydrogens is 316 g/mol. The number of aromatic nitrogens is 3. The van der Waals surface area contributed by atoms with Crippen molar-refractivity contribution in [2.24, 2.45) is 11.8 Å². The molecule has 0 bridgehead atoms. The summed E-state index contributed by atoms with van der Waals surface area (Å²) in [4.78, 5) is 24.0. The Morgan fingerprint density at radius 2 is 2.04 bits per heavy atom. The molecule has 1 amide bonds. The van der Waals surface area contributed by atoms with E-state index in [0.717, 1.165) is 56.0 Å². The minimum Gasteiger partial charge on any atom is -0.350 e. The van der Waals surface area contributed by atoms with Crippen molar-refractivity contribution in [3.63, 3.8) is 0 Å². The monoisotopic (exact) mass is 340 g/mol. The largest absolute Gasteiger partial charge is 0.350 e. The van der Waals surface area contributed by atoms with Crippen molar-refractivity contribution in [3.8, 4) is 0 Å². The minimum absolute atomic E-state index is 0.266. The molecule has 0 radical (unpaired) electrons. The summed E-state index contributed by atoms with van der Waals surface area (Å²) in [6.07, 6.45) is 5.09. The summed E-state index contributed by atoms with van der Waals surface area (Å²) in [5.41, 5.74) is 0.857. The summed E-state index contributed by atoms with van der Waals surface area (Å²) in [5, 5.41) is 4.19. The highest BCUT2D eigenvalue weighted by atomic mass is 16.2. The second-order valence-electron chi connectivity index (χ2n) is 7.75. The van der Waals surface area contributed by atoms with Gasteiger partial charge in [-0.1, -0.05) is 0 Å². The number of rotatable bonds is 3. The molecular formula is C18H24N6O. The maximum Gasteiger partial charge on any atom is 0.236 e. The van der Waals surface area contributed by atoms with Crippen LogP contribution in [0.2, 0.25) is 0 Å². The van der Waals surface area contributed by atoms with Crippen molar-refractivity contribution >= 4 is 17.4 Å². The molecule has 1 aliphatic carbocycles. The number of amides is 1. The zero-order chi connectivity index (χ0) is 17.0. The van der Waals surface area contributed by atoms with E-state index in [1.165, 1.54) is 6.42 Å². The number of carbonyl (C=O) groups excluding carboxylic acids is 1. The van der Waals surface area contributed by atoms with Gasteiger partial charge in [0.25, 0.3) is 0 Å². The summed E-state index contributed by atoms with van der Waals surface area (Å²) < 4.78 is 1.77. The van der Waals surface area contributed by atoms with E-state index < -0.39 is 0 Å². The lowest BCUT2D eigenvalue weighted by Crippen LogP contribution is -2.55. The van der Waals surface area contributed by atoms with Crippen LogP contribution in [-0.4, -0.2) is 75.6 Å². The van der Waals surface area contributed by atoms with E-state index in [-0.39, 0.29) is 11.9 Å². The molecule has 7 heteroatoms. The number of hydrogen-bond donors (Lipinski definition) is 0. The lowest BCUT2D eigenvalue weighted by atomic mass is 10.2. The van der Waals surface area contributed by atoms with Crippen molar-refractivity contribution < 1.29 is 4.79 Å². The van der Waals surface area contributed by atoms with E-state index in [9.17, 15) is 4.79 Å². The first-order valence-electron chi connectivity index (χ1n) is 9.24. The molecule has 2 saturated heterocycles. The Hall–Kier alpha value is -2.15. The molecule has 132 valence electrons. The Morgan fingerprint density at radius 1 is 1.20 bits per heavy atom. The first-order chi connectivity index (χ1) is 12.2. The average molecular weight is 340 g/mol. The molecule has 2 aromatic rings. The SMILES string of the molecule is C[C@@H]1CN(C(=O)CN2CC3CC3C2)CCN1c1ccn2nccc2n1. The molecule has 1 saturated carbocycles. The highest BCUT2D eigenvalue weighted by Crippen LogP contribution is 2.44. The normalized spacial score (nSPS) is 29.2. The van der Waals surface area contributed by atoms with Crippen molar-refractivity contribution in [1.29, 1.82) is 0 Å². The van der Waals surface area contributed by atoms with Crippen LogP contribution in [-0.2, 0) is 4.79 Å². The van der Waals surface area contributed by atoms with E-state index in [1.54, 1.807) is 10.7 Å². The number of anilines is 1.